The summed E-state index contributed by atoms with van der Waals surface area (Å²) in [7, 11) is 4.98. The number of benzene rings is 1. The number of carbonyl (C=O) groups is 4. The normalized spacial score (nSPS) is 23.6. The van der Waals surface area contributed by atoms with Crippen molar-refractivity contribution in [3.05, 3.63) is 57.9 Å². The van der Waals surface area contributed by atoms with Crippen LogP contribution in [0.1, 0.15) is 105 Å². The van der Waals surface area contributed by atoms with Gasteiger partial charge in [0.2, 0.25) is 23.6 Å². The van der Waals surface area contributed by atoms with Crippen molar-refractivity contribution < 1.29 is 28.7 Å². The number of nitrogens with one attached hydrogen (secondary N) is 3. The Balaban J connectivity index is 1.49. The summed E-state index contributed by atoms with van der Waals surface area (Å²) >= 11 is 1.67. The molecule has 3 aliphatic rings. The molecule has 12 heteroatoms. The molecule has 9 atom stereocenters. The number of hydrogen-bond acceptors (Lipinski definition) is 8. The lowest BCUT2D eigenvalue weighted by molar-refractivity contribution is -0.148. The summed E-state index contributed by atoms with van der Waals surface area (Å²) in [6, 6.07) is 8.58. The van der Waals surface area contributed by atoms with Gasteiger partial charge in [-0.3, -0.25) is 19.2 Å². The molecule has 0 aromatic heterocycles. The van der Waals surface area contributed by atoms with E-state index in [1.54, 1.807) is 37.9 Å². The molecule has 0 unspecified atom stereocenters. The van der Waals surface area contributed by atoms with Crippen LogP contribution < -0.4 is 16.0 Å². The third kappa shape index (κ3) is 11.7. The Bertz CT molecular complexity index is 1560. The van der Waals surface area contributed by atoms with Crippen molar-refractivity contribution in [3.63, 3.8) is 0 Å². The molecule has 4 rings (SSSR count). The van der Waals surface area contributed by atoms with Gasteiger partial charge in [-0.1, -0.05) is 83.0 Å². The Morgan fingerprint density at radius 2 is 1.75 bits per heavy atom. The average Bonchev–Trinajstić information content (AvgIpc) is 3.69. The van der Waals surface area contributed by atoms with Crippen molar-refractivity contribution in [2.45, 2.75) is 148 Å². The van der Waals surface area contributed by atoms with E-state index in [2.05, 4.69) is 60.3 Å². The van der Waals surface area contributed by atoms with Crippen molar-refractivity contribution in [2.24, 2.45) is 17.8 Å². The molecule has 57 heavy (non-hydrogen) atoms. The highest BCUT2D eigenvalue weighted by atomic mass is 32.2. The minimum absolute atomic E-state index is 0.00274. The number of ether oxygens (including phenoxy) is 2. The standard InChI is InChI=1S/C45H71N5O6S/c1-11-30(4)39(49(8)43(53)38(29(2)3)48-44(54)45(7)23-15-16-24-46-45)36(55-9)28-37(51)50-25-17-22-35(50)40(56-10)32(6)42(52)47-34(27-33-20-13-12-14-21-33)41-31(5)19-18-26-57-41/h12-14,18,20-21,26,29-30,32,34-36,38-40,46H,11,15-17,19,22-25,27-28H2,1-10H3,(H,47,52)(H,48,54)/t30-,32+,34-,35-,36+,38-,39-,40+,45-/m0/s1. The summed E-state index contributed by atoms with van der Waals surface area (Å²) in [5.74, 6) is -1.24. The predicted octanol–water partition coefficient (Wildman–Crippen LogP) is 6.23. The van der Waals surface area contributed by atoms with Crippen LogP contribution in [0.2, 0.25) is 0 Å². The Hall–Kier alpha value is -3.19. The first kappa shape index (κ1) is 46.5. The minimum Gasteiger partial charge on any atom is -0.379 e. The van der Waals surface area contributed by atoms with E-state index in [0.29, 0.717) is 25.8 Å². The lowest BCUT2D eigenvalue weighted by Crippen LogP contribution is -2.63. The molecule has 1 aromatic rings. The van der Waals surface area contributed by atoms with Crippen molar-refractivity contribution >= 4 is 35.4 Å². The molecular formula is C45H71N5O6S. The summed E-state index contributed by atoms with van der Waals surface area (Å²) < 4.78 is 12.2. The maximum atomic E-state index is 14.4. The molecule has 0 spiro atoms. The van der Waals surface area contributed by atoms with E-state index < -0.39 is 35.7 Å². The quantitative estimate of drug-likeness (QED) is 0.150. The van der Waals surface area contributed by atoms with Gasteiger partial charge in [0.15, 0.2) is 0 Å². The number of nitrogens with zero attached hydrogens (tertiary/aromatic N) is 2. The van der Waals surface area contributed by atoms with Gasteiger partial charge in [0.25, 0.3) is 0 Å². The molecule has 4 amide bonds. The third-order valence-corrected chi connectivity index (χ3v) is 13.9. The molecule has 3 N–H and O–H groups in total. The van der Waals surface area contributed by atoms with E-state index in [1.165, 1.54) is 5.57 Å². The van der Waals surface area contributed by atoms with Crippen LogP contribution in [0.25, 0.3) is 0 Å². The fourth-order valence-electron chi connectivity index (χ4n) is 8.88. The Morgan fingerprint density at radius 3 is 2.35 bits per heavy atom. The van der Waals surface area contributed by atoms with Crippen LogP contribution in [-0.2, 0) is 35.1 Å². The molecule has 2 fully saturated rings. The number of allylic oxidation sites excluding steroid dienone is 2. The highest BCUT2D eigenvalue weighted by Gasteiger charge is 2.44. The third-order valence-electron chi connectivity index (χ3n) is 12.6. The first-order valence-corrected chi connectivity index (χ1v) is 22.1. The SMILES string of the molecule is CC[C@H](C)[C@@H]([C@@H](CC(=O)N1CCC[C@H]1[C@H](OC)[C@@H](C)C(=O)N[C@@H](Cc1ccccc1)C1=C(C)CC=CS1)OC)N(C)C(=O)[C@@H](NC(=O)[C@]1(C)CCCCN1)C(C)C. The molecule has 0 aliphatic carbocycles. The molecule has 0 radical (unpaired) electrons. The predicted molar refractivity (Wildman–Crippen MR) is 229 cm³/mol. The number of rotatable bonds is 19. The molecule has 3 aliphatic heterocycles. The molecule has 3 heterocycles. The summed E-state index contributed by atoms with van der Waals surface area (Å²) in [6.45, 7) is 15.3. The highest BCUT2D eigenvalue weighted by Crippen LogP contribution is 2.34. The molecule has 2 saturated heterocycles. The van der Waals surface area contributed by atoms with E-state index >= 15 is 0 Å². The maximum Gasteiger partial charge on any atom is 0.245 e. The lowest BCUT2D eigenvalue weighted by atomic mass is 9.88. The van der Waals surface area contributed by atoms with E-state index in [0.717, 1.165) is 49.1 Å². The van der Waals surface area contributed by atoms with Gasteiger partial charge >= 0.3 is 0 Å². The van der Waals surface area contributed by atoms with E-state index in [-0.39, 0.29) is 54.0 Å². The zero-order chi connectivity index (χ0) is 41.9. The monoisotopic (exact) mass is 810 g/mol. The van der Waals surface area contributed by atoms with Crippen LogP contribution in [0.4, 0.5) is 0 Å². The highest BCUT2D eigenvalue weighted by molar-refractivity contribution is 8.05. The average molecular weight is 810 g/mol. The number of methoxy groups -OCH3 is 2. The van der Waals surface area contributed by atoms with Crippen LogP contribution in [-0.4, -0.2) is 110 Å². The summed E-state index contributed by atoms with van der Waals surface area (Å²) in [4.78, 5) is 61.1. The fraction of sp³-hybridized carbons (Fsp3) is 0.689. The first-order chi connectivity index (χ1) is 27.2. The van der Waals surface area contributed by atoms with Gasteiger partial charge in [0, 0.05) is 32.7 Å². The van der Waals surface area contributed by atoms with E-state index in [1.807, 2.05) is 50.8 Å². The zero-order valence-electron chi connectivity index (χ0n) is 36.3. The van der Waals surface area contributed by atoms with Gasteiger partial charge in [0.1, 0.15) is 6.04 Å². The molecule has 0 saturated carbocycles. The summed E-state index contributed by atoms with van der Waals surface area (Å²) in [5, 5.41) is 11.9. The molecule has 11 nitrogen and oxygen atoms in total. The van der Waals surface area contributed by atoms with E-state index in [9.17, 15) is 19.2 Å². The van der Waals surface area contributed by atoms with Crippen molar-refractivity contribution in [1.82, 2.24) is 25.8 Å². The molecule has 0 bridgehead atoms. The van der Waals surface area contributed by atoms with Crippen LogP contribution in [0, 0.1) is 17.8 Å². The van der Waals surface area contributed by atoms with Crippen molar-refractivity contribution in [2.75, 3.05) is 34.4 Å². The second kappa shape index (κ2) is 21.7. The smallest absolute Gasteiger partial charge is 0.245 e. The first-order valence-electron chi connectivity index (χ1n) is 21.2. The van der Waals surface area contributed by atoms with Gasteiger partial charge in [-0.25, -0.2) is 0 Å². The van der Waals surface area contributed by atoms with Crippen LogP contribution in [0.15, 0.2) is 52.3 Å². The van der Waals surface area contributed by atoms with Gasteiger partial charge in [-0.15, -0.1) is 11.8 Å². The number of hydrogen-bond donors (Lipinski definition) is 3. The van der Waals surface area contributed by atoms with Gasteiger partial charge in [-0.2, -0.15) is 0 Å². The Labute approximate surface area is 346 Å². The van der Waals surface area contributed by atoms with Gasteiger partial charge in [-0.05, 0) is 88.1 Å². The number of likely N-dealkylation sites (N-methyl/N-ethyl adjacent to an activating group) is 1. The van der Waals surface area contributed by atoms with Gasteiger partial charge < -0.3 is 35.2 Å². The number of piperidine rings is 1. The number of thioether (sulfide) groups is 1. The summed E-state index contributed by atoms with van der Waals surface area (Å²) in [5.41, 5.74) is 1.67. The van der Waals surface area contributed by atoms with Crippen LogP contribution in [0.3, 0.4) is 0 Å². The maximum absolute atomic E-state index is 14.4. The van der Waals surface area contributed by atoms with Crippen LogP contribution in [0.5, 0.6) is 0 Å². The summed E-state index contributed by atoms with van der Waals surface area (Å²) in [6.07, 6.45) is 7.59. The Morgan fingerprint density at radius 1 is 1.04 bits per heavy atom. The number of amides is 4. The van der Waals surface area contributed by atoms with Crippen molar-refractivity contribution in [1.29, 1.82) is 0 Å². The van der Waals surface area contributed by atoms with Crippen molar-refractivity contribution in [3.8, 4) is 0 Å². The second-order valence-corrected chi connectivity index (χ2v) is 18.0. The topological polar surface area (TPSA) is 129 Å². The van der Waals surface area contributed by atoms with Gasteiger partial charge in [0.05, 0.1) is 48.2 Å². The lowest BCUT2D eigenvalue weighted by Gasteiger charge is -2.41. The molecule has 1 aromatic carbocycles. The minimum atomic E-state index is -0.735. The number of carbonyl (C=O) groups excluding carboxylic acids is 4. The van der Waals surface area contributed by atoms with Crippen LogP contribution >= 0.6 is 11.8 Å². The molecular weight excluding hydrogens is 739 g/mol. The van der Waals surface area contributed by atoms with E-state index in [4.69, 9.17) is 9.47 Å². The Kier molecular flexibility index (Phi) is 17.7. The zero-order valence-corrected chi connectivity index (χ0v) is 37.1. The number of likely N-dealkylation sites (tertiary alicyclic amines) is 1. The fourth-order valence-corrected chi connectivity index (χ4v) is 9.81. The second-order valence-electron chi connectivity index (χ2n) is 17.1. The molecule has 318 valence electrons. The largest absolute Gasteiger partial charge is 0.379 e.